The van der Waals surface area contributed by atoms with Gasteiger partial charge in [-0.05, 0) is 165 Å². The number of carbonyl (C=O) groups is 2. The molecule has 6 saturated carbocycles. The highest BCUT2D eigenvalue weighted by Crippen LogP contribution is 2.67. The molecule has 8 fully saturated rings. The van der Waals surface area contributed by atoms with Gasteiger partial charge in [0, 0.05) is 26.2 Å². The maximum atomic E-state index is 14.7. The largest absolute Gasteiger partial charge is 0.413 e. The van der Waals surface area contributed by atoms with Crippen molar-refractivity contribution in [3.05, 3.63) is 0 Å². The number of nitrogens with zero attached hydrogens (tertiary/aromatic N) is 2. The highest BCUT2D eigenvalue weighted by Gasteiger charge is 2.64. The monoisotopic (exact) mass is 781 g/mol. The zero-order valence-electron chi connectivity index (χ0n) is 35.6. The molecule has 0 spiro atoms. The van der Waals surface area contributed by atoms with Crippen LogP contribution in [0.25, 0.3) is 0 Å². The molecule has 0 radical (unpaired) electrons. The van der Waals surface area contributed by atoms with Crippen molar-refractivity contribution in [3.8, 4) is 0 Å². The number of amides is 2. The van der Waals surface area contributed by atoms with Crippen LogP contribution in [0.2, 0.25) is 18.1 Å². The van der Waals surface area contributed by atoms with Crippen molar-refractivity contribution in [1.29, 1.82) is 0 Å². The van der Waals surface area contributed by atoms with Crippen LogP contribution in [0.15, 0.2) is 0 Å². The third-order valence-corrected chi connectivity index (χ3v) is 23.6. The lowest BCUT2D eigenvalue weighted by atomic mass is 9.47. The standard InChI is InChI=1S/C25H44FNO2Si.C19H30FNO2.FH/c1-23(2,3)30(7,8)29-21-12-10-17-16-9-11-20-25(5,15-19(26)22(28)27(20)6)18(16)13-14-24(17,21)4;1-18-9-8-13-11(12(18)5-7-16(18)22)4-6-15-19(13,2)10-14(20)17(23)21(15)3;/h16-21H,9-15H2,1-8H3;11-16,22H,4-10H2,1-3H3;1H/t16?,17-,18?,19-,20+,21-,24-,25+;11?,12-,13?,14-,15+,16-,18-,19+;/m00./s1. The van der Waals surface area contributed by atoms with Gasteiger partial charge in [0.15, 0.2) is 20.7 Å². The topological polar surface area (TPSA) is 70.1 Å². The Bertz CT molecular complexity index is 1440. The van der Waals surface area contributed by atoms with Gasteiger partial charge in [0.1, 0.15) is 0 Å². The Labute approximate surface area is 326 Å². The van der Waals surface area contributed by atoms with E-state index in [2.05, 4.69) is 61.6 Å². The molecule has 2 heterocycles. The average Bonchev–Trinajstić information content (AvgIpc) is 3.56. The minimum atomic E-state index is -1.80. The van der Waals surface area contributed by atoms with Crippen LogP contribution in [0.1, 0.15) is 138 Å². The molecule has 4 unspecified atom stereocenters. The number of aliphatic hydroxyl groups excluding tert-OH is 1. The van der Waals surface area contributed by atoms with Crippen LogP contribution in [-0.2, 0) is 14.0 Å². The van der Waals surface area contributed by atoms with E-state index in [1.807, 2.05) is 7.05 Å². The van der Waals surface area contributed by atoms with Crippen LogP contribution >= 0.6 is 0 Å². The quantitative estimate of drug-likeness (QED) is 0.284. The van der Waals surface area contributed by atoms with E-state index in [4.69, 9.17) is 4.43 Å². The van der Waals surface area contributed by atoms with Gasteiger partial charge in [0.25, 0.3) is 11.8 Å². The van der Waals surface area contributed by atoms with Crippen LogP contribution in [0.4, 0.5) is 13.5 Å². The van der Waals surface area contributed by atoms with Gasteiger partial charge in [0.2, 0.25) is 0 Å². The van der Waals surface area contributed by atoms with Gasteiger partial charge in [-0.3, -0.25) is 14.3 Å². The molecular formula is C44H75F3N2O4Si. The van der Waals surface area contributed by atoms with Gasteiger partial charge in [-0.15, -0.1) is 0 Å². The highest BCUT2D eigenvalue weighted by molar-refractivity contribution is 6.74. The van der Waals surface area contributed by atoms with E-state index in [1.165, 1.54) is 25.7 Å². The normalized spacial score (nSPS) is 50.0. The molecule has 8 rings (SSSR count). The van der Waals surface area contributed by atoms with Gasteiger partial charge < -0.3 is 19.3 Å². The third-order valence-electron chi connectivity index (χ3n) is 19.1. The Morgan fingerprint density at radius 1 is 0.648 bits per heavy atom. The van der Waals surface area contributed by atoms with Crippen LogP contribution in [-0.4, -0.2) is 85.8 Å². The molecule has 16 atom stereocenters. The molecule has 0 bridgehead atoms. The molecule has 10 heteroatoms. The Balaban J connectivity index is 0.000000187. The highest BCUT2D eigenvalue weighted by atomic mass is 28.4. The van der Waals surface area contributed by atoms with Crippen LogP contribution < -0.4 is 0 Å². The first-order chi connectivity index (χ1) is 24.5. The van der Waals surface area contributed by atoms with E-state index in [0.717, 1.165) is 51.4 Å². The second kappa shape index (κ2) is 14.0. The van der Waals surface area contributed by atoms with E-state index < -0.39 is 20.7 Å². The fourth-order valence-corrected chi connectivity index (χ4v) is 16.5. The third kappa shape index (κ3) is 6.20. The van der Waals surface area contributed by atoms with Crippen LogP contribution in [0, 0.1) is 57.2 Å². The number of hydrogen-bond acceptors (Lipinski definition) is 4. The molecule has 54 heavy (non-hydrogen) atoms. The summed E-state index contributed by atoms with van der Waals surface area (Å²) in [5.41, 5.74) is 0.145. The lowest BCUT2D eigenvalue weighted by molar-refractivity contribution is -0.170. The van der Waals surface area contributed by atoms with Gasteiger partial charge in [-0.1, -0.05) is 48.5 Å². The van der Waals surface area contributed by atoms with E-state index in [1.54, 1.807) is 16.8 Å². The average molecular weight is 781 g/mol. The SMILES string of the molecule is CN1C(=O)[C@@H](F)C[C@]2(C)C3CC[C@]4(C)[C@@H](O)CC[C@H]4C3CC[C@@H]12.CN1C(=O)[C@@H](F)C[C@]2(C)C3CC[C@]4(C)[C@@H](O[Si](C)(C)C(C)(C)C)CC[C@H]4C3CC[C@@H]12.F. The Hall–Kier alpha value is -1.13. The molecule has 0 aromatic rings. The van der Waals surface area contributed by atoms with Gasteiger partial charge in [-0.2, -0.15) is 0 Å². The molecule has 0 aromatic heterocycles. The molecule has 6 aliphatic carbocycles. The smallest absolute Gasteiger partial charge is 0.257 e. The first-order valence-electron chi connectivity index (χ1n) is 21.7. The van der Waals surface area contributed by atoms with Gasteiger partial charge >= 0.3 is 0 Å². The zero-order chi connectivity index (χ0) is 38.8. The van der Waals surface area contributed by atoms with Crippen molar-refractivity contribution >= 4 is 20.1 Å². The number of fused-ring (bicyclic) bond motifs is 10. The summed E-state index contributed by atoms with van der Waals surface area (Å²) in [4.78, 5) is 27.9. The molecule has 6 nitrogen and oxygen atoms in total. The van der Waals surface area contributed by atoms with Crippen molar-refractivity contribution in [2.24, 2.45) is 57.2 Å². The minimum absolute atomic E-state index is 0. The predicted octanol–water partition coefficient (Wildman–Crippen LogP) is 9.50. The first-order valence-corrected chi connectivity index (χ1v) is 24.6. The molecule has 2 saturated heterocycles. The number of hydrogen-bond donors (Lipinski definition) is 1. The van der Waals surface area contributed by atoms with E-state index in [0.29, 0.717) is 54.5 Å². The summed E-state index contributed by atoms with van der Waals surface area (Å²) in [6.45, 7) is 21.1. The summed E-state index contributed by atoms with van der Waals surface area (Å²) in [7, 11) is 1.83. The molecule has 310 valence electrons. The summed E-state index contributed by atoms with van der Waals surface area (Å²) in [6, 6.07) is 0.405. The molecule has 2 aliphatic heterocycles. The second-order valence-corrected chi connectivity index (χ2v) is 27.1. The number of piperidine rings is 2. The number of rotatable bonds is 2. The number of likely N-dealkylation sites (tertiary alicyclic amines) is 2. The molecule has 1 N–H and O–H groups in total. The number of halogens is 3. The van der Waals surface area contributed by atoms with Crippen LogP contribution in [0.3, 0.4) is 0 Å². The number of carbonyl (C=O) groups excluding carboxylic acids is 2. The van der Waals surface area contributed by atoms with Crippen molar-refractivity contribution in [2.75, 3.05) is 14.1 Å². The Kier molecular flexibility index (Phi) is 11.0. The van der Waals surface area contributed by atoms with Crippen LogP contribution in [0.5, 0.6) is 0 Å². The predicted molar refractivity (Wildman–Crippen MR) is 211 cm³/mol. The number of aliphatic hydroxyl groups is 1. The Morgan fingerprint density at radius 3 is 1.52 bits per heavy atom. The van der Waals surface area contributed by atoms with Crippen molar-refractivity contribution in [1.82, 2.24) is 9.80 Å². The summed E-state index contributed by atoms with van der Waals surface area (Å²) in [5.74, 6) is 2.95. The van der Waals surface area contributed by atoms with Crippen molar-refractivity contribution in [2.45, 2.75) is 193 Å². The van der Waals surface area contributed by atoms with Crippen molar-refractivity contribution in [3.63, 3.8) is 0 Å². The van der Waals surface area contributed by atoms with E-state index in [-0.39, 0.29) is 61.4 Å². The summed E-state index contributed by atoms with van der Waals surface area (Å²) in [6.07, 6.45) is 11.7. The first kappa shape index (κ1) is 42.5. The molecule has 8 aliphatic rings. The lowest BCUT2D eigenvalue weighted by Crippen LogP contribution is -2.64. The molecular weight excluding hydrogens is 706 g/mol. The zero-order valence-corrected chi connectivity index (χ0v) is 36.6. The molecule has 0 aromatic carbocycles. The second-order valence-electron chi connectivity index (χ2n) is 22.3. The maximum Gasteiger partial charge on any atom is 0.257 e. The summed E-state index contributed by atoms with van der Waals surface area (Å²) >= 11 is 0. The summed E-state index contributed by atoms with van der Waals surface area (Å²) in [5, 5.41) is 10.7. The van der Waals surface area contributed by atoms with E-state index >= 15 is 0 Å². The van der Waals surface area contributed by atoms with E-state index in [9.17, 15) is 23.5 Å². The number of alkyl halides is 2. The van der Waals surface area contributed by atoms with Gasteiger partial charge in [0.05, 0.1) is 12.2 Å². The van der Waals surface area contributed by atoms with Gasteiger partial charge in [-0.25, -0.2) is 8.78 Å². The fourth-order valence-electron chi connectivity index (χ4n) is 15.1. The molecule has 2 amide bonds. The summed E-state index contributed by atoms with van der Waals surface area (Å²) < 4.78 is 36.1. The van der Waals surface area contributed by atoms with Crippen molar-refractivity contribution < 1.29 is 32.6 Å². The minimum Gasteiger partial charge on any atom is -0.413 e. The Morgan fingerprint density at radius 2 is 1.06 bits per heavy atom. The lowest BCUT2D eigenvalue weighted by Gasteiger charge is -2.62. The maximum absolute atomic E-state index is 14.7. The fraction of sp³-hybridized carbons (Fsp3) is 0.955.